The van der Waals surface area contributed by atoms with Crippen molar-refractivity contribution in [3.05, 3.63) is 0 Å². The molecule has 0 aliphatic heterocycles. The smallest absolute Gasteiger partial charge is 0.0246 e. The van der Waals surface area contributed by atoms with E-state index in [0.29, 0.717) is 6.04 Å². The lowest BCUT2D eigenvalue weighted by Gasteiger charge is -2.35. The Labute approximate surface area is 127 Å². The van der Waals surface area contributed by atoms with Crippen LogP contribution in [0.1, 0.15) is 84.5 Å². The molecule has 2 nitrogen and oxygen atoms in total. The Kier molecular flexibility index (Phi) is 10.4. The highest BCUT2D eigenvalue weighted by molar-refractivity contribution is 4.83. The molecular weight excluding hydrogens is 244 g/mol. The predicted octanol–water partition coefficient (Wildman–Crippen LogP) is 4.59. The molecule has 1 N–H and O–H groups in total. The van der Waals surface area contributed by atoms with Gasteiger partial charge in [0.05, 0.1) is 0 Å². The molecule has 0 saturated heterocycles. The molecule has 0 aromatic rings. The molecule has 2 heteroatoms. The van der Waals surface area contributed by atoms with Crippen molar-refractivity contribution in [1.29, 1.82) is 0 Å². The van der Waals surface area contributed by atoms with E-state index in [2.05, 4.69) is 31.1 Å². The van der Waals surface area contributed by atoms with E-state index in [1.54, 1.807) is 0 Å². The lowest BCUT2D eigenvalue weighted by atomic mass is 9.93. The fourth-order valence-corrected chi connectivity index (χ4v) is 3.72. The second-order valence-corrected chi connectivity index (χ2v) is 6.62. The molecule has 0 heterocycles. The van der Waals surface area contributed by atoms with E-state index in [9.17, 15) is 0 Å². The number of nitrogens with one attached hydrogen (secondary N) is 1. The molecule has 2 atom stereocenters. The molecule has 0 bridgehead atoms. The van der Waals surface area contributed by atoms with Gasteiger partial charge in [0.15, 0.2) is 0 Å². The van der Waals surface area contributed by atoms with Gasteiger partial charge in [-0.3, -0.25) is 0 Å². The van der Waals surface area contributed by atoms with Crippen molar-refractivity contribution in [1.82, 2.24) is 10.2 Å². The van der Waals surface area contributed by atoms with Crippen molar-refractivity contribution in [2.45, 2.75) is 96.6 Å². The van der Waals surface area contributed by atoms with Crippen LogP contribution < -0.4 is 5.32 Å². The van der Waals surface area contributed by atoms with Crippen molar-refractivity contribution in [3.63, 3.8) is 0 Å². The first-order valence-corrected chi connectivity index (χ1v) is 9.23. The van der Waals surface area contributed by atoms with Gasteiger partial charge in [0.25, 0.3) is 0 Å². The minimum Gasteiger partial charge on any atom is -0.313 e. The first-order chi connectivity index (χ1) is 9.79. The number of hydrogen-bond acceptors (Lipinski definition) is 2. The van der Waals surface area contributed by atoms with Crippen LogP contribution in [0.25, 0.3) is 0 Å². The third kappa shape index (κ3) is 7.08. The van der Waals surface area contributed by atoms with Crippen molar-refractivity contribution >= 4 is 0 Å². The predicted molar refractivity (Wildman–Crippen MR) is 90.3 cm³/mol. The molecule has 2 unspecified atom stereocenters. The van der Waals surface area contributed by atoms with Crippen LogP contribution in [0.2, 0.25) is 0 Å². The molecule has 1 aliphatic rings. The first kappa shape index (κ1) is 18.0. The molecule has 1 fully saturated rings. The van der Waals surface area contributed by atoms with Gasteiger partial charge in [-0.05, 0) is 39.4 Å². The summed E-state index contributed by atoms with van der Waals surface area (Å²) in [7, 11) is 2.34. The van der Waals surface area contributed by atoms with E-state index in [4.69, 9.17) is 0 Å². The van der Waals surface area contributed by atoms with E-state index >= 15 is 0 Å². The summed E-state index contributed by atoms with van der Waals surface area (Å²) < 4.78 is 0. The summed E-state index contributed by atoms with van der Waals surface area (Å²) >= 11 is 0. The van der Waals surface area contributed by atoms with E-state index in [-0.39, 0.29) is 0 Å². The van der Waals surface area contributed by atoms with Crippen LogP contribution in [0, 0.1) is 0 Å². The lowest BCUT2D eigenvalue weighted by molar-refractivity contribution is 0.170. The second kappa shape index (κ2) is 11.6. The van der Waals surface area contributed by atoms with Crippen LogP contribution in [0.5, 0.6) is 0 Å². The summed E-state index contributed by atoms with van der Waals surface area (Å²) in [5.41, 5.74) is 0. The molecule has 20 heavy (non-hydrogen) atoms. The summed E-state index contributed by atoms with van der Waals surface area (Å²) in [6.45, 7) is 6.91. The molecule has 0 amide bonds. The van der Waals surface area contributed by atoms with Gasteiger partial charge in [-0.25, -0.2) is 0 Å². The van der Waals surface area contributed by atoms with Crippen LogP contribution in [-0.2, 0) is 0 Å². The number of hydrogen-bond donors (Lipinski definition) is 1. The zero-order valence-corrected chi connectivity index (χ0v) is 14.3. The maximum Gasteiger partial charge on any atom is 0.0246 e. The number of nitrogens with zero attached hydrogens (tertiary/aromatic N) is 1. The van der Waals surface area contributed by atoms with Crippen molar-refractivity contribution in [2.24, 2.45) is 0 Å². The fourth-order valence-electron chi connectivity index (χ4n) is 3.72. The molecular formula is C18H38N2. The highest BCUT2D eigenvalue weighted by Crippen LogP contribution is 2.20. The normalized spacial score (nSPS) is 27.0. The van der Waals surface area contributed by atoms with Gasteiger partial charge < -0.3 is 10.2 Å². The Balaban J connectivity index is 2.60. The highest BCUT2D eigenvalue weighted by Gasteiger charge is 2.23. The monoisotopic (exact) mass is 282 g/mol. The average Bonchev–Trinajstić information content (AvgIpc) is 2.42. The fraction of sp³-hybridized carbons (Fsp3) is 1.00. The summed E-state index contributed by atoms with van der Waals surface area (Å²) in [5.74, 6) is 0. The SMILES string of the molecule is CCCN(C)C1CCCCCCCCCCC1NCC. The molecule has 1 saturated carbocycles. The number of rotatable bonds is 5. The first-order valence-electron chi connectivity index (χ1n) is 9.23. The molecule has 1 rings (SSSR count). The van der Waals surface area contributed by atoms with Gasteiger partial charge >= 0.3 is 0 Å². The summed E-state index contributed by atoms with van der Waals surface area (Å²) in [6.07, 6.45) is 15.6. The molecule has 120 valence electrons. The molecule has 0 aromatic heterocycles. The summed E-state index contributed by atoms with van der Waals surface area (Å²) in [4.78, 5) is 2.62. The molecule has 1 aliphatic carbocycles. The van der Waals surface area contributed by atoms with Crippen LogP contribution >= 0.6 is 0 Å². The van der Waals surface area contributed by atoms with E-state index in [1.165, 1.54) is 77.2 Å². The third-order valence-corrected chi connectivity index (χ3v) is 4.84. The van der Waals surface area contributed by atoms with Crippen LogP contribution in [0.15, 0.2) is 0 Å². The Hall–Kier alpha value is -0.0800. The van der Waals surface area contributed by atoms with Gasteiger partial charge in [-0.1, -0.05) is 65.2 Å². The molecule has 0 aromatic carbocycles. The second-order valence-electron chi connectivity index (χ2n) is 6.62. The minimum atomic E-state index is 0.705. The molecule has 0 radical (unpaired) electrons. The van der Waals surface area contributed by atoms with Crippen molar-refractivity contribution in [3.8, 4) is 0 Å². The minimum absolute atomic E-state index is 0.705. The topological polar surface area (TPSA) is 15.3 Å². The van der Waals surface area contributed by atoms with Gasteiger partial charge in [0, 0.05) is 12.1 Å². The Morgan fingerprint density at radius 2 is 1.40 bits per heavy atom. The zero-order chi connectivity index (χ0) is 14.6. The Morgan fingerprint density at radius 1 is 0.850 bits per heavy atom. The van der Waals surface area contributed by atoms with E-state index < -0.39 is 0 Å². The summed E-state index contributed by atoms with van der Waals surface area (Å²) in [5, 5.41) is 3.78. The van der Waals surface area contributed by atoms with Crippen LogP contribution in [-0.4, -0.2) is 37.1 Å². The number of likely N-dealkylation sites (N-methyl/N-ethyl adjacent to an activating group) is 2. The quantitative estimate of drug-likeness (QED) is 0.793. The maximum absolute atomic E-state index is 3.78. The van der Waals surface area contributed by atoms with Gasteiger partial charge in [0.2, 0.25) is 0 Å². The van der Waals surface area contributed by atoms with Crippen LogP contribution in [0.3, 0.4) is 0 Å². The third-order valence-electron chi connectivity index (χ3n) is 4.84. The van der Waals surface area contributed by atoms with Gasteiger partial charge in [-0.15, -0.1) is 0 Å². The molecule has 0 spiro atoms. The van der Waals surface area contributed by atoms with E-state index in [1.807, 2.05) is 0 Å². The summed E-state index contributed by atoms with van der Waals surface area (Å²) in [6, 6.07) is 1.45. The van der Waals surface area contributed by atoms with Crippen LogP contribution in [0.4, 0.5) is 0 Å². The average molecular weight is 283 g/mol. The van der Waals surface area contributed by atoms with Gasteiger partial charge in [0.1, 0.15) is 0 Å². The Bertz CT molecular complexity index is 217. The van der Waals surface area contributed by atoms with E-state index in [0.717, 1.165) is 12.6 Å². The zero-order valence-electron chi connectivity index (χ0n) is 14.3. The standard InChI is InChI=1S/C18H38N2/c1-4-16-20(3)18-15-13-11-9-7-6-8-10-12-14-17(18)19-5-2/h17-19H,4-16H2,1-3H3. The Morgan fingerprint density at radius 3 is 1.95 bits per heavy atom. The van der Waals surface area contributed by atoms with Crippen molar-refractivity contribution in [2.75, 3.05) is 20.1 Å². The highest BCUT2D eigenvalue weighted by atomic mass is 15.2. The lowest BCUT2D eigenvalue weighted by Crippen LogP contribution is -2.49. The largest absolute Gasteiger partial charge is 0.313 e. The maximum atomic E-state index is 3.78. The van der Waals surface area contributed by atoms with Crippen molar-refractivity contribution < 1.29 is 0 Å². The van der Waals surface area contributed by atoms with Gasteiger partial charge in [-0.2, -0.15) is 0 Å².